The number of hydrogen-bond acceptors (Lipinski definition) is 3. The summed E-state index contributed by atoms with van der Waals surface area (Å²) in [4.78, 5) is 2.62. The molecule has 0 aliphatic heterocycles. The van der Waals surface area contributed by atoms with E-state index in [-0.39, 0.29) is 0 Å². The van der Waals surface area contributed by atoms with Crippen molar-refractivity contribution in [1.29, 1.82) is 0 Å². The molecule has 3 heteroatoms. The number of benzene rings is 2. The first-order chi connectivity index (χ1) is 10.8. The van der Waals surface area contributed by atoms with Gasteiger partial charge in [0.05, 0.1) is 0 Å². The zero-order valence-electron chi connectivity index (χ0n) is 12.1. The van der Waals surface area contributed by atoms with Gasteiger partial charge in [0.2, 0.25) is 0 Å². The van der Waals surface area contributed by atoms with Crippen LogP contribution in [0.4, 0.5) is 0 Å². The van der Waals surface area contributed by atoms with Crippen LogP contribution in [0.3, 0.4) is 0 Å². The van der Waals surface area contributed by atoms with Gasteiger partial charge in [0.25, 0.3) is 0 Å². The molecule has 0 aliphatic carbocycles. The Morgan fingerprint density at radius 3 is 2.32 bits per heavy atom. The fraction of sp³-hybridized carbons (Fsp3) is 0.0526. The standard InChI is InChI=1S/C19H14OS2/c1-13-11-18-19(21-13)12-17(22-18)15-9-5-6-10-16(15)20-14-7-3-2-4-8-14/h2-12H,1H3. The number of hydrogen-bond donors (Lipinski definition) is 0. The summed E-state index contributed by atoms with van der Waals surface area (Å²) in [5.74, 6) is 1.77. The Kier molecular flexibility index (Phi) is 3.45. The third kappa shape index (κ3) is 2.54. The first-order valence-corrected chi connectivity index (χ1v) is 8.75. The van der Waals surface area contributed by atoms with Crippen LogP contribution in [0.5, 0.6) is 11.5 Å². The van der Waals surface area contributed by atoms with Crippen molar-refractivity contribution in [3.05, 3.63) is 71.6 Å². The highest BCUT2D eigenvalue weighted by Gasteiger charge is 2.11. The lowest BCUT2D eigenvalue weighted by Gasteiger charge is -2.09. The smallest absolute Gasteiger partial charge is 0.136 e. The number of rotatable bonds is 3. The summed E-state index contributed by atoms with van der Waals surface area (Å²) in [6, 6.07) is 22.7. The maximum Gasteiger partial charge on any atom is 0.136 e. The second-order valence-electron chi connectivity index (χ2n) is 5.11. The zero-order valence-corrected chi connectivity index (χ0v) is 13.7. The van der Waals surface area contributed by atoms with E-state index in [1.165, 1.54) is 19.2 Å². The highest BCUT2D eigenvalue weighted by molar-refractivity contribution is 7.29. The number of para-hydroxylation sites is 2. The lowest BCUT2D eigenvalue weighted by molar-refractivity contribution is 0.484. The van der Waals surface area contributed by atoms with Gasteiger partial charge in [-0.3, -0.25) is 0 Å². The highest BCUT2D eigenvalue weighted by atomic mass is 32.1. The summed E-state index contributed by atoms with van der Waals surface area (Å²) < 4.78 is 8.78. The first-order valence-electron chi connectivity index (χ1n) is 7.12. The van der Waals surface area contributed by atoms with Crippen LogP contribution in [0.15, 0.2) is 66.7 Å². The Labute approximate surface area is 137 Å². The van der Waals surface area contributed by atoms with E-state index >= 15 is 0 Å². The van der Waals surface area contributed by atoms with Gasteiger partial charge < -0.3 is 4.74 Å². The van der Waals surface area contributed by atoms with E-state index in [9.17, 15) is 0 Å². The quantitative estimate of drug-likeness (QED) is 0.406. The molecular formula is C19H14OS2. The molecule has 0 atom stereocenters. The molecule has 0 aliphatic rings. The van der Waals surface area contributed by atoms with Crippen LogP contribution < -0.4 is 4.74 Å². The molecule has 0 fully saturated rings. The molecule has 2 aromatic heterocycles. The molecule has 0 amide bonds. The number of thiophene rings is 2. The van der Waals surface area contributed by atoms with Crippen molar-refractivity contribution >= 4 is 32.1 Å². The van der Waals surface area contributed by atoms with E-state index in [0.717, 1.165) is 17.1 Å². The number of fused-ring (bicyclic) bond motifs is 1. The summed E-state index contributed by atoms with van der Waals surface area (Å²) in [7, 11) is 0. The van der Waals surface area contributed by atoms with Crippen LogP contribution in [0.1, 0.15) is 4.88 Å². The Balaban J connectivity index is 1.76. The molecule has 0 bridgehead atoms. The van der Waals surface area contributed by atoms with Crippen molar-refractivity contribution in [2.24, 2.45) is 0 Å². The highest BCUT2D eigenvalue weighted by Crippen LogP contribution is 2.42. The van der Waals surface area contributed by atoms with E-state index in [4.69, 9.17) is 4.74 Å². The minimum Gasteiger partial charge on any atom is -0.457 e. The van der Waals surface area contributed by atoms with Crippen LogP contribution in [-0.2, 0) is 0 Å². The molecule has 0 unspecified atom stereocenters. The van der Waals surface area contributed by atoms with Crippen molar-refractivity contribution in [2.45, 2.75) is 6.92 Å². The SMILES string of the molecule is Cc1cc2sc(-c3ccccc3Oc3ccccc3)cc2s1. The van der Waals surface area contributed by atoms with Crippen LogP contribution in [0.2, 0.25) is 0 Å². The monoisotopic (exact) mass is 322 g/mol. The van der Waals surface area contributed by atoms with Gasteiger partial charge in [0, 0.05) is 24.7 Å². The maximum absolute atomic E-state index is 6.07. The normalized spacial score (nSPS) is 11.0. The average Bonchev–Trinajstić information content (AvgIpc) is 3.06. The maximum atomic E-state index is 6.07. The van der Waals surface area contributed by atoms with E-state index in [0.29, 0.717) is 0 Å². The average molecular weight is 322 g/mol. The van der Waals surface area contributed by atoms with E-state index in [1.54, 1.807) is 0 Å². The van der Waals surface area contributed by atoms with Crippen molar-refractivity contribution < 1.29 is 4.74 Å². The Hall–Kier alpha value is -2.10. The molecule has 1 nitrogen and oxygen atoms in total. The third-order valence-corrected chi connectivity index (χ3v) is 5.70. The Morgan fingerprint density at radius 2 is 1.50 bits per heavy atom. The molecule has 0 saturated heterocycles. The van der Waals surface area contributed by atoms with Gasteiger partial charge in [-0.25, -0.2) is 0 Å². The molecule has 0 spiro atoms. The minimum atomic E-state index is 0.865. The molecule has 4 aromatic rings. The molecular weight excluding hydrogens is 308 g/mol. The van der Waals surface area contributed by atoms with Gasteiger partial charge >= 0.3 is 0 Å². The fourth-order valence-corrected chi connectivity index (χ4v) is 4.81. The van der Waals surface area contributed by atoms with Gasteiger partial charge in [-0.05, 0) is 43.3 Å². The first kappa shape index (κ1) is 13.6. The summed E-state index contributed by atoms with van der Waals surface area (Å²) in [6.45, 7) is 2.16. The molecule has 0 saturated carbocycles. The fourth-order valence-electron chi connectivity index (χ4n) is 2.46. The second-order valence-corrected chi connectivity index (χ2v) is 7.48. The van der Waals surface area contributed by atoms with Gasteiger partial charge in [0.1, 0.15) is 11.5 Å². The number of ether oxygens (including phenoxy) is 1. The summed E-state index contributed by atoms with van der Waals surface area (Å²) >= 11 is 3.67. The molecule has 4 rings (SSSR count). The lowest BCUT2D eigenvalue weighted by Crippen LogP contribution is -1.86. The lowest BCUT2D eigenvalue weighted by atomic mass is 10.1. The van der Waals surface area contributed by atoms with Crippen molar-refractivity contribution in [2.75, 3.05) is 0 Å². The Bertz CT molecular complexity index is 887. The van der Waals surface area contributed by atoms with Crippen LogP contribution in [0, 0.1) is 6.92 Å². The molecule has 2 aromatic carbocycles. The minimum absolute atomic E-state index is 0.865. The summed E-state index contributed by atoms with van der Waals surface area (Å²) in [5, 5.41) is 0. The Morgan fingerprint density at radius 1 is 0.773 bits per heavy atom. The largest absolute Gasteiger partial charge is 0.457 e. The van der Waals surface area contributed by atoms with Crippen molar-refractivity contribution in [3.8, 4) is 21.9 Å². The van der Waals surface area contributed by atoms with Crippen molar-refractivity contribution in [3.63, 3.8) is 0 Å². The van der Waals surface area contributed by atoms with E-state index < -0.39 is 0 Å². The van der Waals surface area contributed by atoms with E-state index in [1.807, 2.05) is 65.1 Å². The topological polar surface area (TPSA) is 9.23 Å². The van der Waals surface area contributed by atoms with Crippen LogP contribution >= 0.6 is 22.7 Å². The number of aryl methyl sites for hydroxylation is 1. The van der Waals surface area contributed by atoms with Gasteiger partial charge in [-0.2, -0.15) is 0 Å². The predicted octanol–water partition coefficient (Wildman–Crippen LogP) is 6.73. The molecule has 0 radical (unpaired) electrons. The van der Waals surface area contributed by atoms with Gasteiger partial charge in [0.15, 0.2) is 0 Å². The third-order valence-electron chi connectivity index (χ3n) is 3.45. The van der Waals surface area contributed by atoms with Gasteiger partial charge in [-0.15, -0.1) is 22.7 Å². The molecule has 22 heavy (non-hydrogen) atoms. The molecule has 0 N–H and O–H groups in total. The zero-order chi connectivity index (χ0) is 14.9. The van der Waals surface area contributed by atoms with Gasteiger partial charge in [-0.1, -0.05) is 30.3 Å². The summed E-state index contributed by atoms with van der Waals surface area (Å²) in [6.07, 6.45) is 0. The van der Waals surface area contributed by atoms with E-state index in [2.05, 4.69) is 31.2 Å². The summed E-state index contributed by atoms with van der Waals surface area (Å²) in [5.41, 5.74) is 1.15. The van der Waals surface area contributed by atoms with Crippen LogP contribution in [0.25, 0.3) is 19.8 Å². The van der Waals surface area contributed by atoms with Crippen molar-refractivity contribution in [1.82, 2.24) is 0 Å². The van der Waals surface area contributed by atoms with Crippen LogP contribution in [-0.4, -0.2) is 0 Å². The molecule has 2 heterocycles. The molecule has 108 valence electrons. The second kappa shape index (κ2) is 5.59. The predicted molar refractivity (Wildman–Crippen MR) is 96.4 cm³/mol.